The maximum absolute atomic E-state index is 14.0. The molecule has 17 aliphatic carbocycles. The molecule has 8 aromatic carbocycles. The summed E-state index contributed by atoms with van der Waals surface area (Å²) in [5, 5.41) is 103. The number of esters is 4. The summed E-state index contributed by atoms with van der Waals surface area (Å²) in [7, 11) is 0. The molecular formula is C104H112O20. The molecule has 20 heteroatoms. The van der Waals surface area contributed by atoms with Gasteiger partial charge in [-0.15, -0.1) is 0 Å². The van der Waals surface area contributed by atoms with E-state index in [2.05, 4.69) is 27.7 Å². The van der Waals surface area contributed by atoms with Crippen molar-refractivity contribution >= 4 is 23.9 Å². The minimum atomic E-state index is -1.24. The molecule has 0 atom stereocenters. The molecule has 0 radical (unpaired) electrons. The van der Waals surface area contributed by atoms with E-state index in [0.29, 0.717) is 92.6 Å². The average Bonchev–Trinajstić information content (AvgIpc) is 0.744. The third-order valence-electron chi connectivity index (χ3n) is 33.8. The van der Waals surface area contributed by atoms with Gasteiger partial charge in [0.1, 0.15) is 91.4 Å². The first-order valence-corrected chi connectivity index (χ1v) is 45.6. The minimum Gasteiger partial charge on any atom is -0.507 e. The molecule has 0 spiro atoms. The Morgan fingerprint density at radius 3 is 0.524 bits per heavy atom. The SMILES string of the molecule is CC1(OC(=O)COc2ccc(C3c4cc(c(O)cc4O)C(c4ccc(OCC(=O)OC5(C)C6CC7CC(C6)CC5C7)cc4)c4cc(c(O)cc4O)C(c4ccc(OCC(=O)OC5(C)C6CC7CC(C6)CC5C7)cc4)c4cc(c(O)cc4O)C(c4ccc(OCC(=O)OC5(C)C6CC7CC(C6)CC5C7)cc4)c4cc3c(O)cc4O)cc2)C2CC3CC(C2)CC1C3. The Bertz CT molecular complexity index is 4630. The van der Waals surface area contributed by atoms with Crippen LogP contribution in [0.5, 0.6) is 69.0 Å². The molecule has 17 aliphatic rings. The number of phenols is 8. The van der Waals surface area contributed by atoms with Crippen LogP contribution in [-0.2, 0) is 38.1 Å². The summed E-state index contributed by atoms with van der Waals surface area (Å²) >= 11 is 0. The van der Waals surface area contributed by atoms with Crippen molar-refractivity contribution in [1.29, 1.82) is 0 Å². The Morgan fingerprint density at radius 1 is 0.234 bits per heavy atom. The van der Waals surface area contributed by atoms with Crippen molar-refractivity contribution in [2.24, 2.45) is 94.7 Å². The quantitative estimate of drug-likeness (QED) is 0.0260. The van der Waals surface area contributed by atoms with Gasteiger partial charge in [-0.25, -0.2) is 19.2 Å². The molecule has 0 unspecified atom stereocenters. The largest absolute Gasteiger partial charge is 0.507 e. The van der Waals surface area contributed by atoms with Crippen molar-refractivity contribution < 1.29 is 97.9 Å². The van der Waals surface area contributed by atoms with E-state index in [1.807, 2.05) is 0 Å². The summed E-state index contributed by atoms with van der Waals surface area (Å²) in [5.74, 6) is -1.62. The zero-order valence-electron chi connectivity index (χ0n) is 70.9. The first-order chi connectivity index (χ1) is 59.6. The lowest BCUT2D eigenvalue weighted by Gasteiger charge is -2.59. The monoisotopic (exact) mass is 1680 g/mol. The molecule has 0 aliphatic heterocycles. The maximum Gasteiger partial charge on any atom is 0.344 e. The fourth-order valence-corrected chi connectivity index (χ4v) is 28.2. The number of ether oxygens (including phenoxy) is 8. The first-order valence-electron chi connectivity index (χ1n) is 45.6. The van der Waals surface area contributed by atoms with Crippen molar-refractivity contribution in [3.8, 4) is 69.0 Å². The third-order valence-corrected chi connectivity index (χ3v) is 33.8. The van der Waals surface area contributed by atoms with Crippen LogP contribution in [0.4, 0.5) is 0 Å². The highest BCUT2D eigenvalue weighted by molar-refractivity contribution is 5.75. The first kappa shape index (κ1) is 80.4. The number of carbonyl (C=O) groups is 4. The van der Waals surface area contributed by atoms with Crippen molar-refractivity contribution in [1.82, 2.24) is 0 Å². The summed E-state index contributed by atoms with van der Waals surface area (Å²) in [6, 6.07) is 38.1. The Labute approximate surface area is 722 Å². The van der Waals surface area contributed by atoms with Crippen LogP contribution in [0.3, 0.4) is 0 Å². The Morgan fingerprint density at radius 2 is 0.379 bits per heavy atom. The molecule has 0 saturated heterocycles. The lowest BCUT2D eigenvalue weighted by atomic mass is 9.50. The van der Waals surface area contributed by atoms with Crippen molar-refractivity contribution in [3.63, 3.8) is 0 Å². The van der Waals surface area contributed by atoms with E-state index >= 15 is 0 Å². The molecule has 0 heterocycles. The van der Waals surface area contributed by atoms with Crippen LogP contribution in [0.25, 0.3) is 0 Å². The Hall–Kier alpha value is -10.8. The van der Waals surface area contributed by atoms with Crippen LogP contribution in [0, 0.1) is 94.7 Å². The predicted molar refractivity (Wildman–Crippen MR) is 457 cm³/mol. The molecule has 648 valence electrons. The van der Waals surface area contributed by atoms with E-state index in [1.165, 1.54) is 49.9 Å². The molecule has 24 bridgehead atoms. The normalized spacial score (nSPS) is 34.3. The van der Waals surface area contributed by atoms with Crippen LogP contribution in [0.15, 0.2) is 146 Å². The number of aromatic hydroxyl groups is 8. The smallest absolute Gasteiger partial charge is 0.344 e. The molecule has 16 fully saturated rings. The second-order valence-electron chi connectivity index (χ2n) is 40.9. The number of hydrogen-bond donors (Lipinski definition) is 8. The van der Waals surface area contributed by atoms with Crippen LogP contribution < -0.4 is 18.9 Å². The van der Waals surface area contributed by atoms with Gasteiger partial charge in [0.05, 0.1) is 0 Å². The highest BCUT2D eigenvalue weighted by Gasteiger charge is 2.61. The van der Waals surface area contributed by atoms with Crippen molar-refractivity contribution in [2.75, 3.05) is 26.4 Å². The molecule has 20 nitrogen and oxygen atoms in total. The molecule has 16 saturated carbocycles. The van der Waals surface area contributed by atoms with Gasteiger partial charge < -0.3 is 78.7 Å². The highest BCUT2D eigenvalue weighted by Crippen LogP contribution is 2.65. The molecule has 124 heavy (non-hydrogen) atoms. The second-order valence-corrected chi connectivity index (χ2v) is 40.9. The number of hydrogen-bond acceptors (Lipinski definition) is 20. The Balaban J connectivity index is 0.674. The summed E-state index contributed by atoms with van der Waals surface area (Å²) in [6.07, 6.45) is 21.7. The average molecular weight is 1680 g/mol. The van der Waals surface area contributed by atoms with Gasteiger partial charge in [0.15, 0.2) is 26.4 Å². The standard InChI is InChI=1S/C104H112O20/c1-101(65-25-53-21-54(27-65)28-66(101)26-53)121-93(113)49-117-73-13-5-61(6-14-73)97-77-41-79(87(107)45-85(77)105)98(62-7-15-74(16-8-62)118-50-94(114)122-102(2)67-29-55-22-56(31-67)32-68(102)30-55)81-43-83(91(111)47-89(81)109)100(64-11-19-76(20-12-64)120-52-96(116)124-104(4)71-37-59-24-60(39-71)40-72(104)38-59)84-44-82(90(110)48-92(84)112)99(80-42-78(97)86(106)46-88(80)108)63-9-17-75(18-10-63)119-51-95(115)123-103(3)69-33-57-23-58(35-69)36-70(103)34-57/h5-20,41-48,53-60,65-72,97-100,105-112H,21-40,49-52H2,1-4H3. The number of rotatable bonds is 20. The second kappa shape index (κ2) is 30.5. The van der Waals surface area contributed by atoms with Gasteiger partial charge in [0, 0.05) is 92.4 Å². The van der Waals surface area contributed by atoms with Crippen LogP contribution in [0.2, 0.25) is 0 Å². The van der Waals surface area contributed by atoms with Gasteiger partial charge in [0.2, 0.25) is 0 Å². The van der Waals surface area contributed by atoms with Gasteiger partial charge in [0.25, 0.3) is 0 Å². The van der Waals surface area contributed by atoms with E-state index < -0.39 is 116 Å². The Kier molecular flexibility index (Phi) is 19.8. The zero-order valence-corrected chi connectivity index (χ0v) is 70.9. The number of phenolic OH excluding ortho intramolecular Hbond substituents is 8. The summed E-state index contributed by atoms with van der Waals surface area (Å²) in [6.45, 7) is 6.82. The lowest BCUT2D eigenvalue weighted by Crippen LogP contribution is -2.58. The van der Waals surface area contributed by atoms with Crippen LogP contribution >= 0.6 is 0 Å². The number of carbonyl (C=O) groups excluding carboxylic acids is 4. The number of benzene rings is 8. The van der Waals surface area contributed by atoms with Gasteiger partial charge in [-0.1, -0.05) is 48.5 Å². The molecule has 8 aromatic rings. The fourth-order valence-electron chi connectivity index (χ4n) is 28.2. The van der Waals surface area contributed by atoms with Crippen molar-refractivity contribution in [3.05, 3.63) is 212 Å². The minimum absolute atomic E-state index is 0.0990. The van der Waals surface area contributed by atoms with E-state index in [1.54, 1.807) is 121 Å². The molecule has 25 rings (SSSR count). The third kappa shape index (κ3) is 14.1. The molecule has 0 amide bonds. The predicted octanol–water partition coefficient (Wildman–Crippen LogP) is 18.9. The lowest BCUT2D eigenvalue weighted by molar-refractivity contribution is -0.205. The number of fused-ring (bicyclic) bond motifs is 8. The topological polar surface area (TPSA) is 304 Å². The van der Waals surface area contributed by atoms with Crippen molar-refractivity contribution in [2.45, 2.75) is 202 Å². The van der Waals surface area contributed by atoms with E-state index in [0.717, 1.165) is 103 Å². The van der Waals surface area contributed by atoms with Gasteiger partial charge >= 0.3 is 23.9 Å². The van der Waals surface area contributed by atoms with Crippen LogP contribution in [0.1, 0.15) is 247 Å². The summed E-state index contributed by atoms with van der Waals surface area (Å²) < 4.78 is 50.6. The summed E-state index contributed by atoms with van der Waals surface area (Å²) in [4.78, 5) is 55.9. The van der Waals surface area contributed by atoms with Gasteiger partial charge in [-0.05, 0) is 346 Å². The maximum atomic E-state index is 14.0. The highest BCUT2D eigenvalue weighted by atomic mass is 16.6. The molecule has 0 aromatic heterocycles. The van der Waals surface area contributed by atoms with E-state index in [9.17, 15) is 60.0 Å². The van der Waals surface area contributed by atoms with Gasteiger partial charge in [-0.3, -0.25) is 0 Å². The van der Waals surface area contributed by atoms with E-state index in [-0.39, 0.29) is 118 Å². The molecular weight excluding hydrogens is 1570 g/mol. The fraction of sp³-hybridized carbons (Fsp3) is 0.500. The van der Waals surface area contributed by atoms with Crippen LogP contribution in [-0.4, -0.2) is 114 Å². The summed E-state index contributed by atoms with van der Waals surface area (Å²) in [5.41, 5.74) is 0.121. The molecule has 8 N–H and O–H groups in total. The van der Waals surface area contributed by atoms with Gasteiger partial charge in [-0.2, -0.15) is 0 Å². The zero-order chi connectivity index (χ0) is 85.3. The van der Waals surface area contributed by atoms with E-state index in [4.69, 9.17) is 37.9 Å².